The van der Waals surface area contributed by atoms with Crippen LogP contribution >= 0.6 is 0 Å². The van der Waals surface area contributed by atoms with Gasteiger partial charge < -0.3 is 9.64 Å². The zero-order chi connectivity index (χ0) is 13.5. The smallest absolute Gasteiger partial charge is 0.0976 e. The van der Waals surface area contributed by atoms with Crippen LogP contribution in [0, 0.1) is 11.3 Å². The highest BCUT2D eigenvalue weighted by Gasteiger charge is 2.22. The molecule has 0 bridgehead atoms. The first kappa shape index (κ1) is 14.8. The molecule has 0 spiro atoms. The first-order valence-electron chi connectivity index (χ1n) is 7.81. The van der Waals surface area contributed by atoms with Crippen molar-refractivity contribution in [3.63, 3.8) is 0 Å². The molecule has 2 aliphatic rings. The molecule has 2 fully saturated rings. The highest BCUT2D eigenvalue weighted by molar-refractivity contribution is 4.92. The summed E-state index contributed by atoms with van der Waals surface area (Å²) in [5.41, 5.74) is 0. The second-order valence-electron chi connectivity index (χ2n) is 5.71. The highest BCUT2D eigenvalue weighted by Crippen LogP contribution is 2.17. The van der Waals surface area contributed by atoms with E-state index in [1.807, 2.05) is 0 Å². The number of ether oxygens (including phenoxy) is 1. The van der Waals surface area contributed by atoms with Gasteiger partial charge in [-0.3, -0.25) is 4.90 Å². The lowest BCUT2D eigenvalue weighted by Crippen LogP contribution is -2.50. The number of piperazine rings is 1. The van der Waals surface area contributed by atoms with Crippen molar-refractivity contribution in [2.24, 2.45) is 0 Å². The number of nitriles is 1. The summed E-state index contributed by atoms with van der Waals surface area (Å²) in [7, 11) is 0. The van der Waals surface area contributed by atoms with E-state index >= 15 is 0 Å². The van der Waals surface area contributed by atoms with E-state index in [9.17, 15) is 0 Å². The quantitative estimate of drug-likeness (QED) is 0.735. The van der Waals surface area contributed by atoms with E-state index in [1.165, 1.54) is 32.2 Å². The van der Waals surface area contributed by atoms with Gasteiger partial charge in [-0.05, 0) is 38.6 Å². The van der Waals surface area contributed by atoms with Gasteiger partial charge in [0, 0.05) is 32.8 Å². The molecule has 2 heterocycles. The molecule has 0 aliphatic carbocycles. The summed E-state index contributed by atoms with van der Waals surface area (Å²) in [5.74, 6) is 0. The molecule has 0 saturated carbocycles. The molecule has 2 aliphatic heterocycles. The SMILES string of the molecule is CCC(C#N)N1CCN(CCCC2CCCO2)CC1. The zero-order valence-electron chi connectivity index (χ0n) is 12.2. The topological polar surface area (TPSA) is 39.5 Å². The van der Waals surface area contributed by atoms with Gasteiger partial charge in [-0.15, -0.1) is 0 Å². The molecule has 108 valence electrons. The molecular weight excluding hydrogens is 238 g/mol. The van der Waals surface area contributed by atoms with E-state index in [4.69, 9.17) is 10.00 Å². The van der Waals surface area contributed by atoms with Gasteiger partial charge in [0.2, 0.25) is 0 Å². The number of rotatable bonds is 6. The van der Waals surface area contributed by atoms with Gasteiger partial charge in [0.25, 0.3) is 0 Å². The largest absolute Gasteiger partial charge is 0.378 e. The lowest BCUT2D eigenvalue weighted by molar-refractivity contribution is 0.0872. The van der Waals surface area contributed by atoms with Crippen LogP contribution in [0.5, 0.6) is 0 Å². The Morgan fingerprint density at radius 1 is 1.32 bits per heavy atom. The van der Waals surface area contributed by atoms with Crippen molar-refractivity contribution in [3.05, 3.63) is 0 Å². The van der Waals surface area contributed by atoms with E-state index in [2.05, 4.69) is 22.8 Å². The maximum Gasteiger partial charge on any atom is 0.0976 e. The van der Waals surface area contributed by atoms with Crippen molar-refractivity contribution >= 4 is 0 Å². The third-order valence-corrected chi connectivity index (χ3v) is 4.41. The predicted molar refractivity (Wildman–Crippen MR) is 75.9 cm³/mol. The van der Waals surface area contributed by atoms with Gasteiger partial charge >= 0.3 is 0 Å². The summed E-state index contributed by atoms with van der Waals surface area (Å²) < 4.78 is 5.66. The van der Waals surface area contributed by atoms with Crippen LogP contribution in [-0.4, -0.2) is 61.3 Å². The second kappa shape index (κ2) is 7.84. The minimum absolute atomic E-state index is 0.119. The molecule has 19 heavy (non-hydrogen) atoms. The average Bonchev–Trinajstić information content (AvgIpc) is 2.95. The summed E-state index contributed by atoms with van der Waals surface area (Å²) in [6, 6.07) is 2.53. The van der Waals surface area contributed by atoms with Crippen LogP contribution in [0.4, 0.5) is 0 Å². The van der Waals surface area contributed by atoms with Crippen molar-refractivity contribution < 1.29 is 4.74 Å². The van der Waals surface area contributed by atoms with Crippen LogP contribution < -0.4 is 0 Å². The molecule has 4 nitrogen and oxygen atoms in total. The van der Waals surface area contributed by atoms with Gasteiger partial charge in [-0.1, -0.05) is 6.92 Å². The van der Waals surface area contributed by atoms with E-state index in [0.29, 0.717) is 6.10 Å². The highest BCUT2D eigenvalue weighted by atomic mass is 16.5. The minimum atomic E-state index is 0.119. The Bertz CT molecular complexity index is 288. The normalized spacial score (nSPS) is 27.3. The molecule has 2 unspecified atom stereocenters. The summed E-state index contributed by atoms with van der Waals surface area (Å²) in [6.07, 6.45) is 6.44. The van der Waals surface area contributed by atoms with Crippen LogP contribution in [0.2, 0.25) is 0 Å². The van der Waals surface area contributed by atoms with Gasteiger partial charge in [0.1, 0.15) is 0 Å². The monoisotopic (exact) mass is 265 g/mol. The molecule has 0 N–H and O–H groups in total. The Labute approximate surface area is 117 Å². The molecule has 0 aromatic rings. The van der Waals surface area contributed by atoms with Gasteiger partial charge in [-0.25, -0.2) is 0 Å². The molecule has 2 atom stereocenters. The zero-order valence-corrected chi connectivity index (χ0v) is 12.2. The van der Waals surface area contributed by atoms with E-state index < -0.39 is 0 Å². The molecule has 0 amide bonds. The Hall–Kier alpha value is -0.630. The number of nitrogens with zero attached hydrogens (tertiary/aromatic N) is 3. The molecule has 2 rings (SSSR count). The maximum absolute atomic E-state index is 9.09. The molecule has 2 saturated heterocycles. The lowest BCUT2D eigenvalue weighted by Gasteiger charge is -2.36. The average molecular weight is 265 g/mol. The second-order valence-corrected chi connectivity index (χ2v) is 5.71. The van der Waals surface area contributed by atoms with Crippen LogP contribution in [-0.2, 0) is 4.74 Å². The Kier molecular flexibility index (Phi) is 6.09. The predicted octanol–water partition coefficient (Wildman–Crippen LogP) is 1.87. The number of hydrogen-bond donors (Lipinski definition) is 0. The fourth-order valence-corrected chi connectivity index (χ4v) is 3.14. The molecule has 0 radical (unpaired) electrons. The lowest BCUT2D eigenvalue weighted by atomic mass is 10.1. The summed E-state index contributed by atoms with van der Waals surface area (Å²) >= 11 is 0. The first-order valence-corrected chi connectivity index (χ1v) is 7.81. The molecular formula is C15H27N3O. The van der Waals surface area contributed by atoms with E-state index in [0.717, 1.165) is 39.2 Å². The summed E-state index contributed by atoms with van der Waals surface area (Å²) in [6.45, 7) is 8.58. The standard InChI is InChI=1S/C15H27N3O/c1-2-14(13-16)18-10-8-17(9-11-18)7-3-5-15-6-4-12-19-15/h14-15H,2-12H2,1H3. The van der Waals surface area contributed by atoms with Crippen LogP contribution in [0.25, 0.3) is 0 Å². The van der Waals surface area contributed by atoms with Gasteiger partial charge in [0.15, 0.2) is 0 Å². The van der Waals surface area contributed by atoms with Crippen LogP contribution in [0.3, 0.4) is 0 Å². The first-order chi connectivity index (χ1) is 9.33. The van der Waals surface area contributed by atoms with E-state index in [-0.39, 0.29) is 6.04 Å². The van der Waals surface area contributed by atoms with Crippen molar-refractivity contribution in [3.8, 4) is 6.07 Å². The third-order valence-electron chi connectivity index (χ3n) is 4.41. The molecule has 0 aromatic carbocycles. The van der Waals surface area contributed by atoms with Crippen molar-refractivity contribution in [1.29, 1.82) is 5.26 Å². The van der Waals surface area contributed by atoms with Crippen LogP contribution in [0.15, 0.2) is 0 Å². The minimum Gasteiger partial charge on any atom is -0.378 e. The Morgan fingerprint density at radius 3 is 2.68 bits per heavy atom. The van der Waals surface area contributed by atoms with Crippen molar-refractivity contribution in [2.75, 3.05) is 39.3 Å². The fraction of sp³-hybridized carbons (Fsp3) is 0.933. The van der Waals surface area contributed by atoms with Crippen molar-refractivity contribution in [2.45, 2.75) is 51.2 Å². The van der Waals surface area contributed by atoms with Crippen LogP contribution in [0.1, 0.15) is 39.0 Å². The third kappa shape index (κ3) is 4.45. The van der Waals surface area contributed by atoms with Gasteiger partial charge in [0.05, 0.1) is 18.2 Å². The fourth-order valence-electron chi connectivity index (χ4n) is 3.14. The Morgan fingerprint density at radius 2 is 2.11 bits per heavy atom. The molecule has 4 heteroatoms. The Balaban J connectivity index is 1.59. The summed E-state index contributed by atoms with van der Waals surface area (Å²) in [4.78, 5) is 4.87. The van der Waals surface area contributed by atoms with Crippen molar-refractivity contribution in [1.82, 2.24) is 9.80 Å². The maximum atomic E-state index is 9.09. The van der Waals surface area contributed by atoms with E-state index in [1.54, 1.807) is 0 Å². The van der Waals surface area contributed by atoms with Gasteiger partial charge in [-0.2, -0.15) is 5.26 Å². The number of hydrogen-bond acceptors (Lipinski definition) is 4. The summed E-state index contributed by atoms with van der Waals surface area (Å²) in [5, 5.41) is 9.09. The molecule has 0 aromatic heterocycles.